The Morgan fingerprint density at radius 2 is 2.11 bits per heavy atom. The molecule has 1 aromatic heterocycles. The van der Waals surface area contributed by atoms with E-state index in [1.165, 1.54) is 6.26 Å². The van der Waals surface area contributed by atoms with Crippen LogP contribution in [0.4, 0.5) is 0 Å². The van der Waals surface area contributed by atoms with E-state index in [9.17, 15) is 4.79 Å². The zero-order valence-corrected chi connectivity index (χ0v) is 10.4. The molecule has 3 nitrogen and oxygen atoms in total. The van der Waals surface area contributed by atoms with Crippen molar-refractivity contribution in [3.63, 3.8) is 0 Å². The summed E-state index contributed by atoms with van der Waals surface area (Å²) in [5.41, 5.74) is 2.39. The average Bonchev–Trinajstić information content (AvgIpc) is 2.92. The van der Waals surface area contributed by atoms with Crippen LogP contribution in [0, 0.1) is 6.92 Å². The lowest BCUT2D eigenvalue weighted by molar-refractivity contribution is 0.103. The van der Waals surface area contributed by atoms with E-state index in [4.69, 9.17) is 9.15 Å². The van der Waals surface area contributed by atoms with Gasteiger partial charge in [-0.15, -0.1) is 0 Å². The van der Waals surface area contributed by atoms with Crippen LogP contribution >= 0.6 is 0 Å². The highest BCUT2D eigenvalue weighted by molar-refractivity contribution is 6.09. The van der Waals surface area contributed by atoms with Gasteiger partial charge in [-0.05, 0) is 43.7 Å². The van der Waals surface area contributed by atoms with E-state index in [1.54, 1.807) is 6.07 Å². The number of benzene rings is 1. The summed E-state index contributed by atoms with van der Waals surface area (Å²) in [5.74, 6) is 1.63. The molecule has 0 saturated heterocycles. The standard InChI is InChI=1S/C15H14O3/c1-9-5-13(8-17-9)15(16)11-3-4-14-12(7-11)6-10(2)18-14/h3-5,7-8,10H,6H2,1-2H3. The summed E-state index contributed by atoms with van der Waals surface area (Å²) in [7, 11) is 0. The van der Waals surface area contributed by atoms with E-state index in [2.05, 4.69) is 0 Å². The van der Waals surface area contributed by atoms with Crippen molar-refractivity contribution in [3.8, 4) is 5.75 Å². The van der Waals surface area contributed by atoms with Gasteiger partial charge in [-0.2, -0.15) is 0 Å². The number of hydrogen-bond donors (Lipinski definition) is 0. The fraction of sp³-hybridized carbons (Fsp3) is 0.267. The number of fused-ring (bicyclic) bond motifs is 1. The molecule has 18 heavy (non-hydrogen) atoms. The van der Waals surface area contributed by atoms with Gasteiger partial charge < -0.3 is 9.15 Å². The van der Waals surface area contributed by atoms with Crippen LogP contribution in [0.15, 0.2) is 34.9 Å². The Labute approximate surface area is 105 Å². The number of furan rings is 1. The van der Waals surface area contributed by atoms with Crippen LogP contribution in [-0.4, -0.2) is 11.9 Å². The molecule has 1 aromatic carbocycles. The predicted octanol–water partition coefficient (Wildman–Crippen LogP) is 3.14. The molecular formula is C15H14O3. The highest BCUT2D eigenvalue weighted by Gasteiger charge is 2.21. The summed E-state index contributed by atoms with van der Waals surface area (Å²) < 4.78 is 10.8. The molecule has 0 bridgehead atoms. The molecule has 0 saturated carbocycles. The van der Waals surface area contributed by atoms with Gasteiger partial charge in [0.15, 0.2) is 5.78 Å². The monoisotopic (exact) mass is 242 g/mol. The van der Waals surface area contributed by atoms with Gasteiger partial charge in [0.2, 0.25) is 0 Å². The second-order valence-electron chi connectivity index (χ2n) is 4.73. The predicted molar refractivity (Wildman–Crippen MR) is 67.1 cm³/mol. The van der Waals surface area contributed by atoms with Crippen LogP contribution in [0.1, 0.15) is 34.2 Å². The third kappa shape index (κ3) is 1.82. The first-order chi connectivity index (χ1) is 8.63. The van der Waals surface area contributed by atoms with Crippen LogP contribution < -0.4 is 4.74 Å². The van der Waals surface area contributed by atoms with E-state index in [0.29, 0.717) is 11.1 Å². The number of rotatable bonds is 2. The Balaban J connectivity index is 1.94. The number of carbonyl (C=O) groups excluding carboxylic acids is 1. The first kappa shape index (κ1) is 11.1. The number of ether oxygens (including phenoxy) is 1. The highest BCUT2D eigenvalue weighted by atomic mass is 16.5. The Bertz CT molecular complexity index is 610. The van der Waals surface area contributed by atoms with Crippen molar-refractivity contribution in [3.05, 3.63) is 53.0 Å². The molecule has 0 amide bonds. The Morgan fingerprint density at radius 1 is 1.28 bits per heavy atom. The van der Waals surface area contributed by atoms with Crippen molar-refractivity contribution in [2.24, 2.45) is 0 Å². The first-order valence-corrected chi connectivity index (χ1v) is 6.03. The SMILES string of the molecule is Cc1cc(C(=O)c2ccc3c(c2)CC(C)O3)co1. The minimum atomic E-state index is -0.00537. The average molecular weight is 242 g/mol. The molecule has 2 heterocycles. The van der Waals surface area contributed by atoms with Crippen molar-refractivity contribution in [1.82, 2.24) is 0 Å². The van der Waals surface area contributed by atoms with Crippen molar-refractivity contribution in [2.75, 3.05) is 0 Å². The van der Waals surface area contributed by atoms with E-state index >= 15 is 0 Å². The molecule has 0 aliphatic carbocycles. The van der Waals surface area contributed by atoms with Gasteiger partial charge >= 0.3 is 0 Å². The summed E-state index contributed by atoms with van der Waals surface area (Å²) >= 11 is 0. The third-order valence-corrected chi connectivity index (χ3v) is 3.15. The summed E-state index contributed by atoms with van der Waals surface area (Å²) in [5, 5.41) is 0. The maximum atomic E-state index is 12.2. The lowest BCUT2D eigenvalue weighted by Crippen LogP contribution is -2.05. The molecule has 0 spiro atoms. The topological polar surface area (TPSA) is 39.4 Å². The van der Waals surface area contributed by atoms with Gasteiger partial charge in [0, 0.05) is 12.0 Å². The quantitative estimate of drug-likeness (QED) is 0.759. The highest BCUT2D eigenvalue weighted by Crippen LogP contribution is 2.30. The van der Waals surface area contributed by atoms with Crippen molar-refractivity contribution in [2.45, 2.75) is 26.4 Å². The number of aryl methyl sites for hydroxylation is 1. The van der Waals surface area contributed by atoms with Crippen molar-refractivity contribution >= 4 is 5.78 Å². The maximum absolute atomic E-state index is 12.2. The summed E-state index contributed by atoms with van der Waals surface area (Å²) in [6, 6.07) is 7.36. The Hall–Kier alpha value is -2.03. The molecule has 1 unspecified atom stereocenters. The lowest BCUT2D eigenvalue weighted by Gasteiger charge is -2.02. The molecule has 2 aromatic rings. The molecular weight excluding hydrogens is 228 g/mol. The van der Waals surface area contributed by atoms with E-state index < -0.39 is 0 Å². The Kier molecular flexibility index (Phi) is 2.47. The van der Waals surface area contributed by atoms with Gasteiger partial charge in [0.1, 0.15) is 23.9 Å². The first-order valence-electron chi connectivity index (χ1n) is 6.03. The fourth-order valence-electron chi connectivity index (χ4n) is 2.29. The van der Waals surface area contributed by atoms with Gasteiger partial charge in [-0.3, -0.25) is 4.79 Å². The normalized spacial score (nSPS) is 17.3. The van der Waals surface area contributed by atoms with Crippen molar-refractivity contribution in [1.29, 1.82) is 0 Å². The van der Waals surface area contributed by atoms with Crippen molar-refractivity contribution < 1.29 is 13.9 Å². The molecule has 1 aliphatic heterocycles. The lowest BCUT2D eigenvalue weighted by atomic mass is 10.0. The zero-order chi connectivity index (χ0) is 12.7. The smallest absolute Gasteiger partial charge is 0.196 e. The van der Waals surface area contributed by atoms with Gasteiger partial charge in [0.25, 0.3) is 0 Å². The number of ketones is 1. The molecule has 0 N–H and O–H groups in total. The molecule has 1 aliphatic rings. The second-order valence-corrected chi connectivity index (χ2v) is 4.73. The van der Waals surface area contributed by atoms with Gasteiger partial charge in [-0.1, -0.05) is 0 Å². The molecule has 1 atom stereocenters. The van der Waals surface area contributed by atoms with Crippen LogP contribution in [0.2, 0.25) is 0 Å². The summed E-state index contributed by atoms with van der Waals surface area (Å²) in [4.78, 5) is 12.2. The number of hydrogen-bond acceptors (Lipinski definition) is 3. The molecule has 3 rings (SSSR count). The molecule has 0 fully saturated rings. The van der Waals surface area contributed by atoms with Gasteiger partial charge in [-0.25, -0.2) is 0 Å². The van der Waals surface area contributed by atoms with E-state index in [0.717, 1.165) is 23.5 Å². The summed E-state index contributed by atoms with van der Waals surface area (Å²) in [6.45, 7) is 3.86. The third-order valence-electron chi connectivity index (χ3n) is 3.15. The zero-order valence-electron chi connectivity index (χ0n) is 10.4. The van der Waals surface area contributed by atoms with E-state index in [-0.39, 0.29) is 11.9 Å². The minimum absolute atomic E-state index is 0.00537. The fourth-order valence-corrected chi connectivity index (χ4v) is 2.29. The number of carbonyl (C=O) groups is 1. The van der Waals surface area contributed by atoms with Gasteiger partial charge in [0.05, 0.1) is 5.56 Å². The summed E-state index contributed by atoms with van der Waals surface area (Å²) in [6.07, 6.45) is 2.56. The largest absolute Gasteiger partial charge is 0.490 e. The molecule has 92 valence electrons. The minimum Gasteiger partial charge on any atom is -0.490 e. The van der Waals surface area contributed by atoms with Crippen LogP contribution in [-0.2, 0) is 6.42 Å². The van der Waals surface area contributed by atoms with E-state index in [1.807, 2.05) is 32.0 Å². The molecule has 0 radical (unpaired) electrons. The van der Waals surface area contributed by atoms with Crippen LogP contribution in [0.25, 0.3) is 0 Å². The Morgan fingerprint density at radius 3 is 2.83 bits per heavy atom. The second kappa shape index (κ2) is 4.02. The van der Waals surface area contributed by atoms with Crippen LogP contribution in [0.3, 0.4) is 0 Å². The van der Waals surface area contributed by atoms with Crippen LogP contribution in [0.5, 0.6) is 5.75 Å². The maximum Gasteiger partial charge on any atom is 0.196 e. The molecule has 3 heteroatoms.